The molecule has 1 aromatic rings. The summed E-state index contributed by atoms with van der Waals surface area (Å²) in [5, 5.41) is 12.5. The maximum atomic E-state index is 13.0. The van der Waals surface area contributed by atoms with Crippen LogP contribution in [0.5, 0.6) is 0 Å². The molecule has 0 aliphatic heterocycles. The van der Waals surface area contributed by atoms with Crippen LogP contribution in [-0.4, -0.2) is 23.8 Å². The molecule has 0 aromatic heterocycles. The normalized spacial score (nSPS) is 22.1. The SMILES string of the molecule is CCOC(=O)NC1Cc2cc(F)ccc2C1O. The van der Waals surface area contributed by atoms with Crippen molar-refractivity contribution < 1.29 is 19.0 Å². The number of alkyl carbamates (subject to hydrolysis) is 1. The fourth-order valence-electron chi connectivity index (χ4n) is 2.06. The Kier molecular flexibility index (Phi) is 3.28. The first kappa shape index (κ1) is 11.9. The third kappa shape index (κ3) is 2.39. The van der Waals surface area contributed by atoms with E-state index in [1.807, 2.05) is 0 Å². The molecule has 0 bridgehead atoms. The number of amides is 1. The van der Waals surface area contributed by atoms with Crippen molar-refractivity contribution in [1.82, 2.24) is 5.32 Å². The number of hydrogen-bond acceptors (Lipinski definition) is 3. The topological polar surface area (TPSA) is 58.6 Å². The molecule has 2 rings (SSSR count). The number of aliphatic hydroxyl groups is 1. The minimum Gasteiger partial charge on any atom is -0.450 e. The van der Waals surface area contributed by atoms with Gasteiger partial charge in [0.15, 0.2) is 0 Å². The molecule has 0 heterocycles. The summed E-state index contributed by atoms with van der Waals surface area (Å²) in [6.45, 7) is 1.98. The highest BCUT2D eigenvalue weighted by Crippen LogP contribution is 2.31. The molecular formula is C12H14FNO3. The van der Waals surface area contributed by atoms with Gasteiger partial charge in [-0.05, 0) is 36.6 Å². The molecular weight excluding hydrogens is 225 g/mol. The van der Waals surface area contributed by atoms with E-state index in [2.05, 4.69) is 5.32 Å². The highest BCUT2D eigenvalue weighted by Gasteiger charge is 2.32. The quantitative estimate of drug-likeness (QED) is 0.822. The van der Waals surface area contributed by atoms with E-state index >= 15 is 0 Å². The second-order valence-electron chi connectivity index (χ2n) is 3.96. The van der Waals surface area contributed by atoms with Crippen molar-refractivity contribution in [3.63, 3.8) is 0 Å². The van der Waals surface area contributed by atoms with Gasteiger partial charge in [0, 0.05) is 0 Å². The molecule has 1 aliphatic carbocycles. The van der Waals surface area contributed by atoms with E-state index in [0.29, 0.717) is 12.0 Å². The van der Waals surface area contributed by atoms with Gasteiger partial charge in [0.1, 0.15) is 5.82 Å². The number of carbonyl (C=O) groups is 1. The maximum Gasteiger partial charge on any atom is 0.407 e. The van der Waals surface area contributed by atoms with Crippen LogP contribution in [-0.2, 0) is 11.2 Å². The van der Waals surface area contributed by atoms with E-state index in [9.17, 15) is 14.3 Å². The van der Waals surface area contributed by atoms with E-state index in [4.69, 9.17) is 4.74 Å². The van der Waals surface area contributed by atoms with Crippen molar-refractivity contribution in [2.45, 2.75) is 25.5 Å². The molecule has 0 radical (unpaired) electrons. The number of hydrogen-bond donors (Lipinski definition) is 2. The zero-order chi connectivity index (χ0) is 12.4. The number of carbonyl (C=O) groups excluding carboxylic acids is 1. The molecule has 0 fully saturated rings. The fourth-order valence-corrected chi connectivity index (χ4v) is 2.06. The maximum absolute atomic E-state index is 13.0. The highest BCUT2D eigenvalue weighted by atomic mass is 19.1. The van der Waals surface area contributed by atoms with Crippen molar-refractivity contribution in [3.05, 3.63) is 35.1 Å². The number of ether oxygens (including phenoxy) is 1. The summed E-state index contributed by atoms with van der Waals surface area (Å²) in [5.41, 5.74) is 1.38. The van der Waals surface area contributed by atoms with Gasteiger partial charge >= 0.3 is 6.09 Å². The number of benzene rings is 1. The summed E-state index contributed by atoms with van der Waals surface area (Å²) in [6, 6.07) is 3.77. The predicted octanol–water partition coefficient (Wildman–Crippen LogP) is 1.53. The van der Waals surface area contributed by atoms with Gasteiger partial charge in [-0.15, -0.1) is 0 Å². The summed E-state index contributed by atoms with van der Waals surface area (Å²) in [6.07, 6.45) is -0.965. The molecule has 1 amide bonds. The third-order valence-corrected chi connectivity index (χ3v) is 2.82. The van der Waals surface area contributed by atoms with Gasteiger partial charge in [0.2, 0.25) is 0 Å². The lowest BCUT2D eigenvalue weighted by atomic mass is 10.1. The molecule has 2 unspecified atom stereocenters. The Bertz CT molecular complexity index is 436. The van der Waals surface area contributed by atoms with Gasteiger partial charge in [0.25, 0.3) is 0 Å². The number of rotatable bonds is 2. The molecule has 0 saturated carbocycles. The minimum absolute atomic E-state index is 0.274. The Labute approximate surface area is 98.4 Å². The van der Waals surface area contributed by atoms with Crippen molar-refractivity contribution in [3.8, 4) is 0 Å². The van der Waals surface area contributed by atoms with Crippen LogP contribution < -0.4 is 5.32 Å². The Hall–Kier alpha value is -1.62. The molecule has 2 N–H and O–H groups in total. The van der Waals surface area contributed by atoms with Crippen molar-refractivity contribution >= 4 is 6.09 Å². The van der Waals surface area contributed by atoms with Crippen LogP contribution in [0.2, 0.25) is 0 Å². The van der Waals surface area contributed by atoms with E-state index < -0.39 is 18.2 Å². The monoisotopic (exact) mass is 239 g/mol. The predicted molar refractivity (Wildman–Crippen MR) is 59.0 cm³/mol. The number of nitrogens with one attached hydrogen (secondary N) is 1. The van der Waals surface area contributed by atoms with E-state index in [0.717, 1.165) is 5.56 Å². The Morgan fingerprint density at radius 1 is 1.65 bits per heavy atom. The van der Waals surface area contributed by atoms with E-state index in [1.165, 1.54) is 12.1 Å². The first-order valence-electron chi connectivity index (χ1n) is 5.51. The van der Waals surface area contributed by atoms with Crippen LogP contribution in [0.25, 0.3) is 0 Å². The second kappa shape index (κ2) is 4.71. The lowest BCUT2D eigenvalue weighted by molar-refractivity contribution is 0.115. The minimum atomic E-state index is -0.810. The molecule has 5 heteroatoms. The first-order valence-corrected chi connectivity index (χ1v) is 5.51. The first-order chi connectivity index (χ1) is 8.11. The smallest absolute Gasteiger partial charge is 0.407 e. The molecule has 0 saturated heterocycles. The fraction of sp³-hybridized carbons (Fsp3) is 0.417. The molecule has 1 aliphatic rings. The van der Waals surface area contributed by atoms with Gasteiger partial charge in [-0.3, -0.25) is 0 Å². The van der Waals surface area contributed by atoms with Crippen LogP contribution >= 0.6 is 0 Å². The van der Waals surface area contributed by atoms with Crippen LogP contribution in [0.1, 0.15) is 24.2 Å². The lowest BCUT2D eigenvalue weighted by Crippen LogP contribution is -2.38. The largest absolute Gasteiger partial charge is 0.450 e. The average Bonchev–Trinajstić information content (AvgIpc) is 2.55. The Morgan fingerprint density at radius 2 is 2.41 bits per heavy atom. The molecule has 92 valence electrons. The van der Waals surface area contributed by atoms with Crippen molar-refractivity contribution in [2.24, 2.45) is 0 Å². The van der Waals surface area contributed by atoms with E-state index in [-0.39, 0.29) is 12.4 Å². The summed E-state index contributed by atoms with van der Waals surface area (Å²) in [7, 11) is 0. The summed E-state index contributed by atoms with van der Waals surface area (Å²) in [4.78, 5) is 11.2. The molecule has 1 aromatic carbocycles. The second-order valence-corrected chi connectivity index (χ2v) is 3.96. The van der Waals surface area contributed by atoms with Crippen molar-refractivity contribution in [2.75, 3.05) is 6.61 Å². The average molecular weight is 239 g/mol. The zero-order valence-electron chi connectivity index (χ0n) is 9.44. The Morgan fingerprint density at radius 3 is 3.12 bits per heavy atom. The molecule has 2 atom stereocenters. The molecule has 17 heavy (non-hydrogen) atoms. The van der Waals surface area contributed by atoms with Gasteiger partial charge in [-0.1, -0.05) is 6.07 Å². The third-order valence-electron chi connectivity index (χ3n) is 2.82. The number of fused-ring (bicyclic) bond motifs is 1. The number of aliphatic hydroxyl groups excluding tert-OH is 1. The van der Waals surface area contributed by atoms with Crippen molar-refractivity contribution in [1.29, 1.82) is 0 Å². The van der Waals surface area contributed by atoms with Crippen LogP contribution in [0.3, 0.4) is 0 Å². The zero-order valence-corrected chi connectivity index (χ0v) is 9.44. The standard InChI is InChI=1S/C12H14FNO3/c1-2-17-12(16)14-10-6-7-5-8(13)3-4-9(7)11(10)15/h3-5,10-11,15H,2,6H2,1H3,(H,14,16). The highest BCUT2D eigenvalue weighted by molar-refractivity contribution is 5.68. The summed E-state index contributed by atoms with van der Waals surface area (Å²) < 4.78 is 17.7. The van der Waals surface area contributed by atoms with Gasteiger partial charge in [0.05, 0.1) is 18.8 Å². The van der Waals surface area contributed by atoms with Crippen LogP contribution in [0.15, 0.2) is 18.2 Å². The summed E-state index contributed by atoms with van der Waals surface area (Å²) in [5.74, 6) is -0.340. The number of halogens is 1. The lowest BCUT2D eigenvalue weighted by Gasteiger charge is -2.16. The molecule has 4 nitrogen and oxygen atoms in total. The summed E-state index contributed by atoms with van der Waals surface area (Å²) >= 11 is 0. The van der Waals surface area contributed by atoms with Crippen LogP contribution in [0.4, 0.5) is 9.18 Å². The molecule has 0 spiro atoms. The van der Waals surface area contributed by atoms with E-state index in [1.54, 1.807) is 13.0 Å². The van der Waals surface area contributed by atoms with Gasteiger partial charge < -0.3 is 15.2 Å². The Balaban J connectivity index is 2.09. The van der Waals surface area contributed by atoms with Gasteiger partial charge in [-0.25, -0.2) is 9.18 Å². The van der Waals surface area contributed by atoms with Gasteiger partial charge in [-0.2, -0.15) is 0 Å². The van der Waals surface area contributed by atoms with Crippen LogP contribution in [0, 0.1) is 5.82 Å².